The van der Waals surface area contributed by atoms with Crippen LogP contribution in [0.4, 0.5) is 10.5 Å². The first kappa shape index (κ1) is 34.6. The summed E-state index contributed by atoms with van der Waals surface area (Å²) in [6, 6.07) is 14.7. The largest absolute Gasteiger partial charge is 0.459 e. The van der Waals surface area contributed by atoms with E-state index in [1.54, 1.807) is 50.5 Å². The van der Waals surface area contributed by atoms with Crippen LogP contribution >= 0.6 is 0 Å². The lowest BCUT2D eigenvalue weighted by molar-refractivity contribution is -0.916. The highest BCUT2D eigenvalue weighted by molar-refractivity contribution is 5.90. The molecule has 4 heterocycles. The van der Waals surface area contributed by atoms with Crippen molar-refractivity contribution in [1.29, 1.82) is 0 Å². The summed E-state index contributed by atoms with van der Waals surface area (Å²) in [6.45, 7) is 7.55. The number of hydrogen-bond acceptors (Lipinski definition) is 10. The Morgan fingerprint density at radius 2 is 1.82 bits per heavy atom. The van der Waals surface area contributed by atoms with Crippen LogP contribution in [0.3, 0.4) is 0 Å². The van der Waals surface area contributed by atoms with E-state index in [9.17, 15) is 24.3 Å². The van der Waals surface area contributed by atoms with Crippen molar-refractivity contribution < 1.29 is 38.2 Å². The summed E-state index contributed by atoms with van der Waals surface area (Å²) in [4.78, 5) is 56.5. The number of nitrogens with one attached hydrogen (secondary N) is 1. The van der Waals surface area contributed by atoms with Crippen molar-refractivity contribution in [2.24, 2.45) is 0 Å². The molecule has 2 aromatic heterocycles. The molecule has 0 radical (unpaired) electrons. The summed E-state index contributed by atoms with van der Waals surface area (Å²) in [5.74, 6) is -1.09. The number of esters is 2. The Kier molecular flexibility index (Phi) is 8.69. The average molecular weight is 685 g/mol. The van der Waals surface area contributed by atoms with Crippen LogP contribution in [-0.2, 0) is 50.9 Å². The lowest BCUT2D eigenvalue weighted by Crippen LogP contribution is -2.44. The number of rotatable bonds is 8. The van der Waals surface area contributed by atoms with E-state index in [4.69, 9.17) is 24.9 Å². The van der Waals surface area contributed by atoms with E-state index in [2.05, 4.69) is 19.4 Å². The average Bonchev–Trinajstić information content (AvgIpc) is 3.40. The number of anilines is 1. The zero-order valence-electron chi connectivity index (χ0n) is 29.1. The van der Waals surface area contributed by atoms with Crippen molar-refractivity contribution in [3.8, 4) is 17.1 Å². The molecule has 2 aliphatic heterocycles. The summed E-state index contributed by atoms with van der Waals surface area (Å²) in [6.07, 6.45) is -0.777. The minimum atomic E-state index is -1.93. The molecule has 1 amide bonds. The molecule has 0 spiro atoms. The molecule has 0 unspecified atom stereocenters. The molecule has 13 nitrogen and oxygen atoms in total. The number of carbonyl (C=O) groups is 3. The molecule has 50 heavy (non-hydrogen) atoms. The van der Waals surface area contributed by atoms with Crippen molar-refractivity contribution in [1.82, 2.24) is 14.9 Å². The number of ether oxygens (including phenoxy) is 3. The Hall–Kier alpha value is -5.27. The number of pyridine rings is 2. The van der Waals surface area contributed by atoms with E-state index in [1.807, 2.05) is 30.3 Å². The fourth-order valence-corrected chi connectivity index (χ4v) is 6.61. The van der Waals surface area contributed by atoms with Gasteiger partial charge in [-0.25, -0.2) is 14.6 Å². The second kappa shape index (κ2) is 12.6. The second-order valence-corrected chi connectivity index (χ2v) is 14.5. The van der Waals surface area contributed by atoms with E-state index < -0.39 is 29.2 Å². The molecular formula is C37H42N5O8+. The van der Waals surface area contributed by atoms with Gasteiger partial charge < -0.3 is 39.4 Å². The van der Waals surface area contributed by atoms with Gasteiger partial charge in [0, 0.05) is 27.8 Å². The number of fused-ring (bicyclic) bond motifs is 5. The molecule has 1 atom stereocenters. The Bertz CT molecular complexity index is 2100. The number of nitrogen functional groups attached to an aromatic ring is 1. The van der Waals surface area contributed by atoms with Crippen LogP contribution in [-0.4, -0.2) is 63.4 Å². The van der Waals surface area contributed by atoms with Crippen molar-refractivity contribution in [2.75, 3.05) is 26.4 Å². The van der Waals surface area contributed by atoms with Crippen molar-refractivity contribution in [3.05, 3.63) is 86.7 Å². The summed E-state index contributed by atoms with van der Waals surface area (Å²) >= 11 is 0. The number of quaternary nitrogens is 1. The van der Waals surface area contributed by atoms with Crippen molar-refractivity contribution >= 4 is 34.6 Å². The number of hydrogen-bond donors (Lipinski definition) is 3. The third-order valence-corrected chi connectivity index (χ3v) is 8.94. The first-order valence-corrected chi connectivity index (χ1v) is 16.4. The van der Waals surface area contributed by atoms with Gasteiger partial charge in [0.05, 0.1) is 48.7 Å². The lowest BCUT2D eigenvalue weighted by Gasteiger charge is -2.31. The summed E-state index contributed by atoms with van der Waals surface area (Å²) in [5, 5.41) is 14.4. The van der Waals surface area contributed by atoms with Gasteiger partial charge in [0.2, 0.25) is 0 Å². The predicted molar refractivity (Wildman–Crippen MR) is 185 cm³/mol. The minimum absolute atomic E-state index is 0.0433. The van der Waals surface area contributed by atoms with Gasteiger partial charge in [0.25, 0.3) is 5.56 Å². The number of aromatic nitrogens is 2. The molecule has 0 aliphatic carbocycles. The maximum Gasteiger partial charge on any atom is 0.413 e. The fourth-order valence-electron chi connectivity index (χ4n) is 6.61. The van der Waals surface area contributed by atoms with Crippen LogP contribution in [0.15, 0.2) is 53.3 Å². The smallest absolute Gasteiger partial charge is 0.413 e. The Labute approximate surface area is 289 Å². The second-order valence-electron chi connectivity index (χ2n) is 14.5. The van der Waals surface area contributed by atoms with Crippen LogP contribution < -0.4 is 21.3 Å². The molecule has 4 aromatic rings. The van der Waals surface area contributed by atoms with E-state index in [0.717, 1.165) is 16.5 Å². The third-order valence-electron chi connectivity index (χ3n) is 8.94. The third kappa shape index (κ3) is 6.66. The van der Waals surface area contributed by atoms with Crippen LogP contribution in [0.5, 0.6) is 5.75 Å². The van der Waals surface area contributed by atoms with Crippen molar-refractivity contribution in [2.45, 2.75) is 71.6 Å². The highest BCUT2D eigenvalue weighted by Gasteiger charge is 2.45. The standard InChI is InChI=1S/C37H41N5O8/c1-7-37(47)27-15-29-32-22(17-41(29)33(44)26(27)20-48-34(37)45)14-24-25(19-42(5,6)18-21-8-10-23(38)11-9-21)30(13-12-28(24)40-32)49-35(46)39-16-31(43)50-36(2,3)4/h8-15,47H,7,16-20,38H2,1-6H3/p+1/t37-/m0/s1. The van der Waals surface area contributed by atoms with E-state index in [0.29, 0.717) is 45.7 Å². The maximum atomic E-state index is 13.7. The number of nitrogens with two attached hydrogens (primary N) is 1. The minimum Gasteiger partial charge on any atom is -0.459 e. The highest BCUT2D eigenvalue weighted by atomic mass is 16.6. The van der Waals surface area contributed by atoms with Gasteiger partial charge in [-0.2, -0.15) is 0 Å². The Balaban J connectivity index is 1.40. The normalized spacial score (nSPS) is 16.7. The molecule has 0 saturated carbocycles. The Morgan fingerprint density at radius 3 is 2.50 bits per heavy atom. The predicted octanol–water partition coefficient (Wildman–Crippen LogP) is 3.87. The number of nitrogens with zero attached hydrogens (tertiary/aromatic N) is 3. The first-order valence-electron chi connectivity index (χ1n) is 16.4. The van der Waals surface area contributed by atoms with Gasteiger partial charge in [-0.05, 0) is 63.6 Å². The first-order chi connectivity index (χ1) is 23.5. The Morgan fingerprint density at radius 1 is 1.10 bits per heavy atom. The molecule has 0 bridgehead atoms. The molecule has 262 valence electrons. The summed E-state index contributed by atoms with van der Waals surface area (Å²) in [5.41, 5.74) is 8.23. The number of aliphatic hydroxyl groups is 1. The quantitative estimate of drug-likeness (QED) is 0.124. The van der Waals surface area contributed by atoms with E-state index in [1.165, 1.54) is 0 Å². The molecule has 0 fully saturated rings. The molecule has 2 aliphatic rings. The molecule has 13 heteroatoms. The van der Waals surface area contributed by atoms with Gasteiger partial charge in [-0.1, -0.05) is 19.1 Å². The van der Waals surface area contributed by atoms with E-state index >= 15 is 0 Å². The van der Waals surface area contributed by atoms with Gasteiger partial charge in [-0.15, -0.1) is 0 Å². The van der Waals surface area contributed by atoms with Crippen LogP contribution in [0.1, 0.15) is 61.9 Å². The van der Waals surface area contributed by atoms with Crippen LogP contribution in [0, 0.1) is 0 Å². The van der Waals surface area contributed by atoms with Crippen LogP contribution in [0.2, 0.25) is 0 Å². The molecular weight excluding hydrogens is 642 g/mol. The lowest BCUT2D eigenvalue weighted by atomic mass is 9.86. The van der Waals surface area contributed by atoms with Crippen molar-refractivity contribution in [3.63, 3.8) is 0 Å². The van der Waals surface area contributed by atoms with Gasteiger partial charge in [-0.3, -0.25) is 9.59 Å². The molecule has 2 aromatic carbocycles. The SMILES string of the molecule is CC[C@@]1(O)C(=O)OCc2c1cc1n(c2=O)Cc2cc3c(C[N+](C)(C)Cc4ccc(N)cc4)c(OC(=O)NCC(=O)OC(C)(C)C)ccc3nc2-1. The van der Waals surface area contributed by atoms with Gasteiger partial charge >= 0.3 is 18.0 Å². The zero-order valence-corrected chi connectivity index (χ0v) is 29.1. The zero-order chi connectivity index (χ0) is 36.2. The maximum absolute atomic E-state index is 13.7. The summed E-state index contributed by atoms with van der Waals surface area (Å²) in [7, 11) is 4.11. The number of benzene rings is 2. The van der Waals surface area contributed by atoms with Gasteiger partial charge in [0.1, 0.15) is 37.6 Å². The topological polar surface area (TPSA) is 172 Å². The number of cyclic esters (lactones) is 1. The van der Waals surface area contributed by atoms with Crippen LogP contribution in [0.25, 0.3) is 22.3 Å². The molecule has 6 rings (SSSR count). The number of amides is 1. The van der Waals surface area contributed by atoms with Gasteiger partial charge in [0.15, 0.2) is 5.60 Å². The fraction of sp³-hybridized carbons (Fsp3) is 0.378. The highest BCUT2D eigenvalue weighted by Crippen LogP contribution is 2.40. The van der Waals surface area contributed by atoms with E-state index in [-0.39, 0.29) is 48.6 Å². The molecule has 0 saturated heterocycles. The summed E-state index contributed by atoms with van der Waals surface area (Å²) < 4.78 is 18.4. The monoisotopic (exact) mass is 684 g/mol. The number of carbonyl (C=O) groups excluding carboxylic acids is 3. The molecule has 4 N–H and O–H groups in total.